The van der Waals surface area contributed by atoms with Gasteiger partial charge >= 0.3 is 0 Å². The summed E-state index contributed by atoms with van der Waals surface area (Å²) >= 11 is 7.07. The number of likely N-dealkylation sites (tertiary alicyclic amines) is 1. The minimum atomic E-state index is -0.451. The second-order valence-electron chi connectivity index (χ2n) is 7.35. The third-order valence-electron chi connectivity index (χ3n) is 5.04. The molecule has 1 aliphatic heterocycles. The molecule has 2 amide bonds. The number of benzene rings is 2. The Morgan fingerprint density at radius 2 is 1.94 bits per heavy atom. The quantitative estimate of drug-likeness (QED) is 0.534. The van der Waals surface area contributed by atoms with Crippen LogP contribution in [-0.4, -0.2) is 40.0 Å². The summed E-state index contributed by atoms with van der Waals surface area (Å²) in [5, 5.41) is 12.3. The first-order valence-electron chi connectivity index (χ1n) is 10.00. The summed E-state index contributed by atoms with van der Waals surface area (Å²) in [5.74, 6) is -0.418. The van der Waals surface area contributed by atoms with E-state index in [0.717, 1.165) is 5.56 Å². The molecule has 1 saturated heterocycles. The lowest BCUT2D eigenvalue weighted by Gasteiger charge is -2.16. The van der Waals surface area contributed by atoms with Gasteiger partial charge in [-0.15, -0.1) is 10.2 Å². The fourth-order valence-corrected chi connectivity index (χ4v) is 4.11. The van der Waals surface area contributed by atoms with Crippen molar-refractivity contribution in [3.8, 4) is 5.75 Å². The molecular weight excluding hydrogens is 455 g/mol. The second kappa shape index (κ2) is 10.1. The maximum Gasteiger partial charge on any atom is 0.231 e. The lowest BCUT2D eigenvalue weighted by molar-refractivity contribution is -0.128. The largest absolute Gasteiger partial charge is 0.486 e. The number of nitrogens with zero attached hydrogens (tertiary/aromatic N) is 3. The number of aromatic nitrogens is 2. The van der Waals surface area contributed by atoms with Crippen LogP contribution >= 0.6 is 22.9 Å². The smallest absolute Gasteiger partial charge is 0.231 e. The van der Waals surface area contributed by atoms with Crippen molar-refractivity contribution >= 4 is 39.9 Å². The van der Waals surface area contributed by atoms with E-state index in [1.165, 1.54) is 23.5 Å². The minimum absolute atomic E-state index is 0.0680. The third kappa shape index (κ3) is 5.80. The van der Waals surface area contributed by atoms with Crippen LogP contribution in [0, 0.1) is 11.7 Å². The van der Waals surface area contributed by atoms with Gasteiger partial charge in [0.05, 0.1) is 5.92 Å². The Bertz CT molecular complexity index is 1090. The molecule has 1 N–H and O–H groups in total. The number of hydrogen-bond donors (Lipinski definition) is 1. The Labute approximate surface area is 193 Å². The van der Waals surface area contributed by atoms with E-state index < -0.39 is 5.92 Å². The van der Waals surface area contributed by atoms with Crippen LogP contribution in [0.1, 0.15) is 17.0 Å². The molecule has 166 valence electrons. The summed E-state index contributed by atoms with van der Waals surface area (Å²) in [5.41, 5.74) is 0.939. The van der Waals surface area contributed by atoms with Gasteiger partial charge in [-0.25, -0.2) is 4.39 Å². The van der Waals surface area contributed by atoms with Crippen molar-refractivity contribution in [3.05, 3.63) is 69.9 Å². The lowest BCUT2D eigenvalue weighted by Crippen LogP contribution is -2.30. The van der Waals surface area contributed by atoms with Crippen molar-refractivity contribution in [2.24, 2.45) is 5.92 Å². The Morgan fingerprint density at radius 3 is 2.69 bits per heavy atom. The van der Waals surface area contributed by atoms with Crippen molar-refractivity contribution in [1.82, 2.24) is 15.1 Å². The van der Waals surface area contributed by atoms with E-state index in [1.807, 2.05) is 0 Å². The number of ether oxygens (including phenoxy) is 1. The van der Waals surface area contributed by atoms with Crippen LogP contribution in [0.3, 0.4) is 0 Å². The summed E-state index contributed by atoms with van der Waals surface area (Å²) < 4.78 is 18.6. The number of carbonyl (C=O) groups is 2. The number of nitrogens with one attached hydrogen (secondary N) is 1. The van der Waals surface area contributed by atoms with Crippen molar-refractivity contribution < 1.29 is 18.7 Å². The Balaban J connectivity index is 1.25. The maximum atomic E-state index is 13.0. The monoisotopic (exact) mass is 474 g/mol. The first-order chi connectivity index (χ1) is 15.5. The van der Waals surface area contributed by atoms with Gasteiger partial charge in [0.2, 0.25) is 16.9 Å². The summed E-state index contributed by atoms with van der Waals surface area (Å²) in [6, 6.07) is 13.2. The van der Waals surface area contributed by atoms with Crippen LogP contribution in [0.5, 0.6) is 5.75 Å². The molecule has 10 heteroatoms. The SMILES string of the molecule is O=C(Nc1nnc(COc2ccc(Cl)cc2)s1)[C@@H]1CC(=O)N(CCc2ccc(F)cc2)C1. The fourth-order valence-electron chi connectivity index (χ4n) is 3.32. The molecule has 32 heavy (non-hydrogen) atoms. The fraction of sp³-hybridized carbons (Fsp3) is 0.273. The van der Waals surface area contributed by atoms with Crippen molar-refractivity contribution in [2.75, 3.05) is 18.4 Å². The highest BCUT2D eigenvalue weighted by Gasteiger charge is 2.34. The van der Waals surface area contributed by atoms with Gasteiger partial charge in [-0.3, -0.25) is 9.59 Å². The van der Waals surface area contributed by atoms with Crippen LogP contribution in [-0.2, 0) is 22.6 Å². The van der Waals surface area contributed by atoms with Gasteiger partial charge in [-0.05, 0) is 48.4 Å². The number of anilines is 1. The molecule has 0 radical (unpaired) electrons. The predicted octanol–water partition coefficient (Wildman–Crippen LogP) is 3.94. The Kier molecular flexibility index (Phi) is 6.96. The molecule has 3 aromatic rings. The zero-order valence-electron chi connectivity index (χ0n) is 17.0. The van der Waals surface area contributed by atoms with E-state index in [-0.39, 0.29) is 30.7 Å². The number of hydrogen-bond acceptors (Lipinski definition) is 6. The third-order valence-corrected chi connectivity index (χ3v) is 6.11. The average Bonchev–Trinajstić information content (AvgIpc) is 3.39. The molecule has 1 aromatic heterocycles. The van der Waals surface area contributed by atoms with Gasteiger partial charge in [0.15, 0.2) is 5.01 Å². The molecular formula is C22H20ClFN4O3S. The van der Waals surface area contributed by atoms with E-state index in [2.05, 4.69) is 15.5 Å². The van der Waals surface area contributed by atoms with Crippen molar-refractivity contribution in [1.29, 1.82) is 0 Å². The van der Waals surface area contributed by atoms with Crippen LogP contribution in [0.25, 0.3) is 0 Å². The highest BCUT2D eigenvalue weighted by molar-refractivity contribution is 7.15. The van der Waals surface area contributed by atoms with Crippen molar-refractivity contribution in [3.63, 3.8) is 0 Å². The van der Waals surface area contributed by atoms with Crippen LogP contribution in [0.4, 0.5) is 9.52 Å². The molecule has 1 aliphatic rings. The molecule has 0 spiro atoms. The first-order valence-corrected chi connectivity index (χ1v) is 11.2. The molecule has 2 aromatic carbocycles. The normalized spacial score (nSPS) is 15.8. The Hall–Kier alpha value is -3.04. The van der Waals surface area contributed by atoms with Gasteiger partial charge in [0.25, 0.3) is 0 Å². The maximum absolute atomic E-state index is 13.0. The molecule has 2 heterocycles. The molecule has 0 unspecified atom stereocenters. The average molecular weight is 475 g/mol. The van der Waals surface area contributed by atoms with E-state index in [1.54, 1.807) is 41.3 Å². The molecule has 0 saturated carbocycles. The highest BCUT2D eigenvalue weighted by Crippen LogP contribution is 2.23. The number of carbonyl (C=O) groups excluding carboxylic acids is 2. The summed E-state index contributed by atoms with van der Waals surface area (Å²) in [7, 11) is 0. The molecule has 0 aliphatic carbocycles. The van der Waals surface area contributed by atoms with Crippen LogP contribution in [0.2, 0.25) is 5.02 Å². The highest BCUT2D eigenvalue weighted by atomic mass is 35.5. The van der Waals surface area contributed by atoms with E-state index >= 15 is 0 Å². The number of halogens is 2. The summed E-state index contributed by atoms with van der Waals surface area (Å²) in [6.45, 7) is 1.05. The van der Waals surface area contributed by atoms with E-state index in [4.69, 9.17) is 16.3 Å². The zero-order chi connectivity index (χ0) is 22.5. The van der Waals surface area contributed by atoms with Gasteiger partial charge in [0, 0.05) is 24.5 Å². The van der Waals surface area contributed by atoms with Crippen LogP contribution in [0.15, 0.2) is 48.5 Å². The van der Waals surface area contributed by atoms with E-state index in [9.17, 15) is 14.0 Å². The van der Waals surface area contributed by atoms with E-state index in [0.29, 0.717) is 40.4 Å². The molecule has 7 nitrogen and oxygen atoms in total. The Morgan fingerprint density at radius 1 is 1.19 bits per heavy atom. The second-order valence-corrected chi connectivity index (χ2v) is 8.85. The standard InChI is InChI=1S/C22H20ClFN4O3S/c23-16-3-7-18(8-4-16)31-13-19-26-27-22(32-19)25-21(30)15-11-20(29)28(12-15)10-9-14-1-5-17(24)6-2-14/h1-8,15H,9-13H2,(H,25,27,30)/t15-/m1/s1. The van der Waals surface area contributed by atoms with Gasteiger partial charge in [-0.1, -0.05) is 35.1 Å². The molecule has 4 rings (SSSR count). The van der Waals surface area contributed by atoms with Gasteiger partial charge in [-0.2, -0.15) is 0 Å². The predicted molar refractivity (Wildman–Crippen MR) is 119 cm³/mol. The molecule has 1 fully saturated rings. The van der Waals surface area contributed by atoms with Gasteiger partial charge in [0.1, 0.15) is 18.2 Å². The number of amides is 2. The molecule has 0 bridgehead atoms. The topological polar surface area (TPSA) is 84.4 Å². The summed E-state index contributed by atoms with van der Waals surface area (Å²) in [4.78, 5) is 26.6. The molecule has 1 atom stereocenters. The summed E-state index contributed by atoms with van der Waals surface area (Å²) in [6.07, 6.45) is 0.758. The lowest BCUT2D eigenvalue weighted by atomic mass is 10.1. The van der Waals surface area contributed by atoms with Crippen molar-refractivity contribution in [2.45, 2.75) is 19.4 Å². The van der Waals surface area contributed by atoms with Crippen LogP contribution < -0.4 is 10.1 Å². The van der Waals surface area contributed by atoms with Gasteiger partial charge < -0.3 is 15.0 Å². The minimum Gasteiger partial charge on any atom is -0.486 e. The zero-order valence-corrected chi connectivity index (χ0v) is 18.5. The first kappa shape index (κ1) is 22.2. The number of rotatable bonds is 8.